The standard InChI is InChI=1S/C13H6Cl2FNS/c14-7-1-3-10(15)9(5-7)13-17-11-4-2-8(16)6-12(11)18-13/h1-6H. The lowest BCUT2D eigenvalue weighted by Crippen LogP contribution is -1.78. The summed E-state index contributed by atoms with van der Waals surface area (Å²) in [6.07, 6.45) is 0. The molecule has 1 nitrogen and oxygen atoms in total. The van der Waals surface area contributed by atoms with Gasteiger partial charge in [-0.1, -0.05) is 23.2 Å². The maximum atomic E-state index is 13.1. The molecule has 5 heteroatoms. The van der Waals surface area contributed by atoms with Gasteiger partial charge in [0.05, 0.1) is 15.2 Å². The van der Waals surface area contributed by atoms with Crippen molar-refractivity contribution in [2.24, 2.45) is 0 Å². The van der Waals surface area contributed by atoms with E-state index in [0.717, 1.165) is 20.8 Å². The van der Waals surface area contributed by atoms with Gasteiger partial charge >= 0.3 is 0 Å². The Bertz CT molecular complexity index is 739. The molecule has 0 spiro atoms. The maximum absolute atomic E-state index is 13.1. The quantitative estimate of drug-likeness (QED) is 0.585. The van der Waals surface area contributed by atoms with E-state index in [0.29, 0.717) is 10.0 Å². The average molecular weight is 298 g/mol. The highest BCUT2D eigenvalue weighted by molar-refractivity contribution is 7.21. The molecule has 0 saturated heterocycles. The van der Waals surface area contributed by atoms with Crippen LogP contribution in [0.3, 0.4) is 0 Å². The summed E-state index contributed by atoms with van der Waals surface area (Å²) in [4.78, 5) is 4.43. The molecule has 0 aliphatic rings. The fourth-order valence-corrected chi connectivity index (χ4v) is 3.13. The highest BCUT2D eigenvalue weighted by Crippen LogP contribution is 2.35. The lowest BCUT2D eigenvalue weighted by molar-refractivity contribution is 0.630. The number of aromatic nitrogens is 1. The van der Waals surface area contributed by atoms with Gasteiger partial charge in [0.25, 0.3) is 0 Å². The first-order valence-electron chi connectivity index (χ1n) is 5.15. The average Bonchev–Trinajstić information content (AvgIpc) is 2.74. The van der Waals surface area contributed by atoms with Crippen LogP contribution >= 0.6 is 34.5 Å². The second-order valence-electron chi connectivity index (χ2n) is 3.76. The summed E-state index contributed by atoms with van der Waals surface area (Å²) < 4.78 is 13.9. The molecule has 90 valence electrons. The third-order valence-electron chi connectivity index (χ3n) is 2.51. The molecule has 3 rings (SSSR count). The van der Waals surface area contributed by atoms with E-state index < -0.39 is 0 Å². The molecule has 1 heterocycles. The number of halogens is 3. The smallest absolute Gasteiger partial charge is 0.126 e. The van der Waals surface area contributed by atoms with Gasteiger partial charge in [-0.05, 0) is 36.4 Å². The number of hydrogen-bond donors (Lipinski definition) is 0. The van der Waals surface area contributed by atoms with E-state index in [-0.39, 0.29) is 5.82 Å². The van der Waals surface area contributed by atoms with Crippen molar-refractivity contribution in [3.8, 4) is 10.6 Å². The zero-order valence-electron chi connectivity index (χ0n) is 8.95. The van der Waals surface area contributed by atoms with Crippen LogP contribution in [0.4, 0.5) is 4.39 Å². The van der Waals surface area contributed by atoms with Gasteiger partial charge in [0.2, 0.25) is 0 Å². The first kappa shape index (κ1) is 11.9. The summed E-state index contributed by atoms with van der Waals surface area (Å²) in [6, 6.07) is 9.73. The molecule has 0 N–H and O–H groups in total. The molecule has 0 amide bonds. The summed E-state index contributed by atoms with van der Waals surface area (Å²) in [5.74, 6) is -0.269. The fourth-order valence-electron chi connectivity index (χ4n) is 1.68. The van der Waals surface area contributed by atoms with Gasteiger partial charge in [0.15, 0.2) is 0 Å². The summed E-state index contributed by atoms with van der Waals surface area (Å²) in [5, 5.41) is 1.92. The van der Waals surface area contributed by atoms with Crippen LogP contribution in [0, 0.1) is 5.82 Å². The van der Waals surface area contributed by atoms with Crippen LogP contribution in [-0.2, 0) is 0 Å². The SMILES string of the molecule is Fc1ccc2nc(-c3cc(Cl)ccc3Cl)sc2c1. The molecule has 0 bridgehead atoms. The minimum absolute atomic E-state index is 0.269. The zero-order valence-corrected chi connectivity index (χ0v) is 11.3. The second-order valence-corrected chi connectivity index (χ2v) is 5.63. The van der Waals surface area contributed by atoms with E-state index in [2.05, 4.69) is 4.98 Å². The molecular formula is C13H6Cl2FNS. The fraction of sp³-hybridized carbons (Fsp3) is 0. The van der Waals surface area contributed by atoms with Crippen molar-refractivity contribution in [1.82, 2.24) is 4.98 Å². The van der Waals surface area contributed by atoms with Crippen molar-refractivity contribution >= 4 is 44.8 Å². The van der Waals surface area contributed by atoms with Crippen LogP contribution in [0.15, 0.2) is 36.4 Å². The van der Waals surface area contributed by atoms with E-state index >= 15 is 0 Å². The molecule has 1 aromatic heterocycles. The molecule has 0 unspecified atom stereocenters. The molecule has 2 aromatic carbocycles. The maximum Gasteiger partial charge on any atom is 0.126 e. The van der Waals surface area contributed by atoms with Crippen molar-refractivity contribution in [2.75, 3.05) is 0 Å². The van der Waals surface area contributed by atoms with E-state index in [4.69, 9.17) is 23.2 Å². The molecule has 18 heavy (non-hydrogen) atoms. The van der Waals surface area contributed by atoms with Crippen LogP contribution in [0.1, 0.15) is 0 Å². The number of nitrogens with zero attached hydrogens (tertiary/aromatic N) is 1. The van der Waals surface area contributed by atoms with E-state index in [1.807, 2.05) is 0 Å². The summed E-state index contributed by atoms with van der Waals surface area (Å²) in [7, 11) is 0. The van der Waals surface area contributed by atoms with Crippen LogP contribution in [0.25, 0.3) is 20.8 Å². The van der Waals surface area contributed by atoms with Gasteiger partial charge in [0.1, 0.15) is 10.8 Å². The Balaban J connectivity index is 2.22. The summed E-state index contributed by atoms with van der Waals surface area (Å²) in [5.41, 5.74) is 1.53. The third-order valence-corrected chi connectivity index (χ3v) is 4.13. The van der Waals surface area contributed by atoms with Gasteiger partial charge in [-0.15, -0.1) is 11.3 Å². The van der Waals surface area contributed by atoms with Crippen LogP contribution in [0.5, 0.6) is 0 Å². The highest BCUT2D eigenvalue weighted by Gasteiger charge is 2.10. The van der Waals surface area contributed by atoms with Crippen molar-refractivity contribution in [1.29, 1.82) is 0 Å². The molecule has 0 saturated carbocycles. The Morgan fingerprint density at radius 2 is 1.89 bits per heavy atom. The van der Waals surface area contributed by atoms with E-state index in [1.165, 1.54) is 23.5 Å². The lowest BCUT2D eigenvalue weighted by atomic mass is 10.2. The Morgan fingerprint density at radius 3 is 2.72 bits per heavy atom. The van der Waals surface area contributed by atoms with Crippen molar-refractivity contribution < 1.29 is 4.39 Å². The van der Waals surface area contributed by atoms with Gasteiger partial charge in [-0.3, -0.25) is 0 Å². The predicted molar refractivity (Wildman–Crippen MR) is 75.0 cm³/mol. The second kappa shape index (κ2) is 4.50. The first-order chi connectivity index (χ1) is 8.63. The van der Waals surface area contributed by atoms with Gasteiger partial charge in [-0.25, -0.2) is 9.37 Å². The van der Waals surface area contributed by atoms with Gasteiger partial charge in [0, 0.05) is 10.6 Å². The molecule has 0 atom stereocenters. The molecule has 0 aliphatic carbocycles. The number of hydrogen-bond acceptors (Lipinski definition) is 2. The van der Waals surface area contributed by atoms with Gasteiger partial charge < -0.3 is 0 Å². The summed E-state index contributed by atoms with van der Waals surface area (Å²) >= 11 is 13.5. The number of rotatable bonds is 1. The molecule has 0 radical (unpaired) electrons. The Hall–Kier alpha value is -1.16. The predicted octanol–water partition coefficient (Wildman–Crippen LogP) is 5.41. The lowest BCUT2D eigenvalue weighted by Gasteiger charge is -1.99. The first-order valence-corrected chi connectivity index (χ1v) is 6.72. The Labute approximate surface area is 117 Å². The van der Waals surface area contributed by atoms with Crippen molar-refractivity contribution in [2.45, 2.75) is 0 Å². The minimum Gasteiger partial charge on any atom is -0.236 e. The van der Waals surface area contributed by atoms with Crippen LogP contribution in [0.2, 0.25) is 10.0 Å². The topological polar surface area (TPSA) is 12.9 Å². The molecule has 0 fully saturated rings. The highest BCUT2D eigenvalue weighted by atomic mass is 35.5. The largest absolute Gasteiger partial charge is 0.236 e. The zero-order chi connectivity index (χ0) is 12.7. The Kier molecular flexibility index (Phi) is 2.98. The molecule has 3 aromatic rings. The van der Waals surface area contributed by atoms with Crippen molar-refractivity contribution in [3.05, 3.63) is 52.3 Å². The van der Waals surface area contributed by atoms with Gasteiger partial charge in [-0.2, -0.15) is 0 Å². The third kappa shape index (κ3) is 2.09. The van der Waals surface area contributed by atoms with E-state index in [1.54, 1.807) is 24.3 Å². The monoisotopic (exact) mass is 297 g/mol. The Morgan fingerprint density at radius 1 is 1.06 bits per heavy atom. The van der Waals surface area contributed by atoms with Crippen LogP contribution in [-0.4, -0.2) is 4.98 Å². The number of fused-ring (bicyclic) bond motifs is 1. The molecular weight excluding hydrogens is 292 g/mol. The number of benzene rings is 2. The van der Waals surface area contributed by atoms with Crippen molar-refractivity contribution in [3.63, 3.8) is 0 Å². The normalized spacial score (nSPS) is 11.1. The van der Waals surface area contributed by atoms with E-state index in [9.17, 15) is 4.39 Å². The van der Waals surface area contributed by atoms with Crippen LogP contribution < -0.4 is 0 Å². The minimum atomic E-state index is -0.269. The molecule has 0 aliphatic heterocycles. The number of thiazole rings is 1. The summed E-state index contributed by atoms with van der Waals surface area (Å²) in [6.45, 7) is 0.